The molecule has 2 N–H and O–H groups in total. The fourth-order valence-electron chi connectivity index (χ4n) is 4.39. The molecule has 1 amide bonds. The molecule has 8 heteroatoms. The molecule has 0 aliphatic heterocycles. The molecule has 1 aliphatic carbocycles. The number of hydrogen-bond donors (Lipinski definition) is 2. The van der Waals surface area contributed by atoms with Gasteiger partial charge in [0.1, 0.15) is 6.33 Å². The number of tetrazole rings is 1. The van der Waals surface area contributed by atoms with Crippen molar-refractivity contribution in [1.29, 1.82) is 0 Å². The van der Waals surface area contributed by atoms with E-state index in [1.165, 1.54) is 12.0 Å². The summed E-state index contributed by atoms with van der Waals surface area (Å²) in [5, 5.41) is 16.4. The maximum atomic E-state index is 12.7. The van der Waals surface area contributed by atoms with Crippen molar-refractivity contribution in [3.05, 3.63) is 41.3 Å². The van der Waals surface area contributed by atoms with Crippen molar-refractivity contribution in [2.75, 3.05) is 6.54 Å². The lowest BCUT2D eigenvalue weighted by Crippen LogP contribution is -2.37. The lowest BCUT2D eigenvalue weighted by molar-refractivity contribution is -0.124. The van der Waals surface area contributed by atoms with Crippen LogP contribution in [0.2, 0.25) is 5.02 Å². The molecule has 0 bridgehead atoms. The van der Waals surface area contributed by atoms with Gasteiger partial charge in [0.15, 0.2) is 0 Å². The molecule has 148 valence electrons. The first kappa shape index (κ1) is 18.9. The second kappa shape index (κ2) is 8.31. The number of hydrogen-bond acceptors (Lipinski definition) is 4. The summed E-state index contributed by atoms with van der Waals surface area (Å²) in [6, 6.07) is 5.82. The first-order valence-corrected chi connectivity index (χ1v) is 10.2. The Hall–Kier alpha value is -2.41. The van der Waals surface area contributed by atoms with Crippen LogP contribution < -0.4 is 5.32 Å². The van der Waals surface area contributed by atoms with Crippen LogP contribution in [0.1, 0.15) is 44.1 Å². The van der Waals surface area contributed by atoms with Gasteiger partial charge in [0, 0.05) is 35.1 Å². The summed E-state index contributed by atoms with van der Waals surface area (Å²) in [7, 11) is 0. The third-order valence-corrected chi connectivity index (χ3v) is 6.02. The quantitative estimate of drug-likeness (QED) is 0.635. The van der Waals surface area contributed by atoms with Crippen molar-refractivity contribution >= 4 is 28.4 Å². The first-order chi connectivity index (χ1) is 13.6. The maximum absolute atomic E-state index is 12.7. The van der Waals surface area contributed by atoms with Gasteiger partial charge in [0.05, 0.1) is 6.54 Å². The van der Waals surface area contributed by atoms with Crippen LogP contribution in [0.5, 0.6) is 0 Å². The van der Waals surface area contributed by atoms with E-state index in [4.69, 9.17) is 11.6 Å². The van der Waals surface area contributed by atoms with E-state index in [9.17, 15) is 4.79 Å². The van der Waals surface area contributed by atoms with Crippen molar-refractivity contribution in [2.24, 2.45) is 5.41 Å². The van der Waals surface area contributed by atoms with Crippen LogP contribution in [0.25, 0.3) is 10.9 Å². The lowest BCUT2D eigenvalue weighted by atomic mass is 9.71. The molecule has 2 aromatic heterocycles. The smallest absolute Gasteiger partial charge is 0.220 e. The van der Waals surface area contributed by atoms with E-state index in [1.54, 1.807) is 11.0 Å². The molecule has 1 saturated carbocycles. The zero-order valence-corrected chi connectivity index (χ0v) is 16.6. The fraction of sp³-hybridized carbons (Fsp3) is 0.500. The molecule has 0 radical (unpaired) electrons. The van der Waals surface area contributed by atoms with E-state index in [0.29, 0.717) is 19.5 Å². The van der Waals surface area contributed by atoms with Gasteiger partial charge < -0.3 is 10.3 Å². The number of nitrogens with zero attached hydrogens (tertiary/aromatic N) is 4. The number of fused-ring (bicyclic) bond motifs is 1. The van der Waals surface area contributed by atoms with Gasteiger partial charge >= 0.3 is 0 Å². The Bertz CT molecular complexity index is 929. The average Bonchev–Trinajstić information content (AvgIpc) is 3.32. The molecule has 1 aromatic carbocycles. The topological polar surface area (TPSA) is 88.5 Å². The normalized spacial score (nSPS) is 16.3. The third-order valence-electron chi connectivity index (χ3n) is 5.78. The SMILES string of the molecule is O=C(CC1(Cn2cnnn2)CCCCC1)NCCc1c[nH]c2ccc(Cl)cc12. The highest BCUT2D eigenvalue weighted by Gasteiger charge is 2.35. The summed E-state index contributed by atoms with van der Waals surface area (Å²) >= 11 is 6.11. The fourth-order valence-corrected chi connectivity index (χ4v) is 4.56. The Morgan fingerprint density at radius 3 is 2.93 bits per heavy atom. The van der Waals surface area contributed by atoms with Gasteiger partial charge in [-0.2, -0.15) is 0 Å². The van der Waals surface area contributed by atoms with Gasteiger partial charge in [0.2, 0.25) is 5.91 Å². The molecule has 3 aromatic rings. The number of aromatic nitrogens is 5. The molecule has 2 heterocycles. The lowest BCUT2D eigenvalue weighted by Gasteiger charge is -2.36. The number of aromatic amines is 1. The molecular weight excluding hydrogens is 376 g/mol. The highest BCUT2D eigenvalue weighted by Crippen LogP contribution is 2.40. The zero-order chi connectivity index (χ0) is 19.4. The molecule has 0 saturated heterocycles. The summed E-state index contributed by atoms with van der Waals surface area (Å²) in [5.74, 6) is 0.104. The minimum Gasteiger partial charge on any atom is -0.361 e. The first-order valence-electron chi connectivity index (χ1n) is 9.87. The van der Waals surface area contributed by atoms with Crippen LogP contribution >= 0.6 is 11.6 Å². The molecule has 4 rings (SSSR count). The van der Waals surface area contributed by atoms with E-state index in [0.717, 1.165) is 48.0 Å². The largest absolute Gasteiger partial charge is 0.361 e. The molecule has 0 spiro atoms. The molecule has 7 nitrogen and oxygen atoms in total. The van der Waals surface area contributed by atoms with Gasteiger partial charge in [-0.05, 0) is 58.9 Å². The minimum atomic E-state index is -0.0496. The van der Waals surface area contributed by atoms with Crippen LogP contribution in [0.3, 0.4) is 0 Å². The number of halogens is 1. The molecule has 0 atom stereocenters. The van der Waals surface area contributed by atoms with Crippen molar-refractivity contribution in [2.45, 2.75) is 51.5 Å². The van der Waals surface area contributed by atoms with Gasteiger partial charge in [-0.15, -0.1) is 5.10 Å². The monoisotopic (exact) mass is 400 g/mol. The number of nitrogens with one attached hydrogen (secondary N) is 2. The van der Waals surface area contributed by atoms with Gasteiger partial charge in [-0.1, -0.05) is 30.9 Å². The maximum Gasteiger partial charge on any atom is 0.220 e. The second-order valence-corrected chi connectivity index (χ2v) is 8.29. The standard InChI is InChI=1S/C20H25ClN6O/c21-16-4-5-18-17(10-16)15(12-23-18)6-9-22-19(28)11-20(7-2-1-3-8-20)13-27-14-24-25-26-27/h4-5,10,12,14,23H,1-3,6-9,11,13H2,(H,22,28). The van der Waals surface area contributed by atoms with Crippen molar-refractivity contribution < 1.29 is 4.79 Å². The summed E-state index contributed by atoms with van der Waals surface area (Å²) in [5.41, 5.74) is 2.18. The predicted octanol–water partition coefficient (Wildman–Crippen LogP) is 3.51. The van der Waals surface area contributed by atoms with E-state index in [1.807, 2.05) is 24.4 Å². The number of rotatable bonds is 7. The Balaban J connectivity index is 1.35. The molecule has 1 fully saturated rings. The van der Waals surface area contributed by atoms with Gasteiger partial charge in [0.25, 0.3) is 0 Å². The highest BCUT2D eigenvalue weighted by molar-refractivity contribution is 6.31. The Morgan fingerprint density at radius 1 is 1.29 bits per heavy atom. The average molecular weight is 401 g/mol. The second-order valence-electron chi connectivity index (χ2n) is 7.85. The van der Waals surface area contributed by atoms with Crippen molar-refractivity contribution in [3.8, 4) is 0 Å². The van der Waals surface area contributed by atoms with Crippen LogP contribution in [0.15, 0.2) is 30.7 Å². The van der Waals surface area contributed by atoms with E-state index in [-0.39, 0.29) is 11.3 Å². The molecule has 0 unspecified atom stereocenters. The summed E-state index contributed by atoms with van der Waals surface area (Å²) < 4.78 is 1.76. The van der Waals surface area contributed by atoms with Crippen LogP contribution in [0.4, 0.5) is 0 Å². The number of amides is 1. The number of benzene rings is 1. The molecule has 28 heavy (non-hydrogen) atoms. The van der Waals surface area contributed by atoms with Crippen LogP contribution in [0, 0.1) is 5.41 Å². The summed E-state index contributed by atoms with van der Waals surface area (Å²) in [4.78, 5) is 15.9. The van der Waals surface area contributed by atoms with Crippen LogP contribution in [-0.2, 0) is 17.8 Å². The Kier molecular flexibility index (Phi) is 5.62. The number of carbonyl (C=O) groups is 1. The molecule has 1 aliphatic rings. The van der Waals surface area contributed by atoms with E-state index >= 15 is 0 Å². The van der Waals surface area contributed by atoms with Gasteiger partial charge in [-0.25, -0.2) is 4.68 Å². The van der Waals surface area contributed by atoms with Gasteiger partial charge in [-0.3, -0.25) is 4.79 Å². The van der Waals surface area contributed by atoms with Crippen molar-refractivity contribution in [1.82, 2.24) is 30.5 Å². The number of carbonyl (C=O) groups excluding carboxylic acids is 1. The Morgan fingerprint density at radius 2 is 2.14 bits per heavy atom. The molecular formula is C20H25ClN6O. The zero-order valence-electron chi connectivity index (χ0n) is 15.8. The third kappa shape index (κ3) is 4.35. The minimum absolute atomic E-state index is 0.0496. The van der Waals surface area contributed by atoms with Crippen molar-refractivity contribution in [3.63, 3.8) is 0 Å². The number of H-pyrrole nitrogens is 1. The van der Waals surface area contributed by atoms with E-state index in [2.05, 4.69) is 25.8 Å². The van der Waals surface area contributed by atoms with E-state index < -0.39 is 0 Å². The predicted molar refractivity (Wildman–Crippen MR) is 108 cm³/mol. The summed E-state index contributed by atoms with van der Waals surface area (Å²) in [6.07, 6.45) is 10.6. The van der Waals surface area contributed by atoms with Crippen LogP contribution in [-0.4, -0.2) is 37.6 Å². The highest BCUT2D eigenvalue weighted by atomic mass is 35.5. The summed E-state index contributed by atoms with van der Waals surface area (Å²) in [6.45, 7) is 1.31. The Labute approximate surface area is 168 Å².